The summed E-state index contributed by atoms with van der Waals surface area (Å²) in [5, 5.41) is 11.5. The number of oxime groups is 1. The molecule has 0 bridgehead atoms. The van der Waals surface area contributed by atoms with Gasteiger partial charge < -0.3 is 20.4 Å². The highest BCUT2D eigenvalue weighted by molar-refractivity contribution is 5.80. The number of amidine groups is 1. The fraction of sp³-hybridized carbons (Fsp3) is 0.500. The molecule has 0 saturated heterocycles. The Kier molecular flexibility index (Phi) is 6.66. The van der Waals surface area contributed by atoms with Crippen LogP contribution in [0.5, 0.6) is 11.5 Å². The predicted octanol–water partition coefficient (Wildman–Crippen LogP) is 1.53. The number of methoxy groups -OCH3 is 1. The van der Waals surface area contributed by atoms with E-state index in [1.54, 1.807) is 7.11 Å². The lowest BCUT2D eigenvalue weighted by Crippen LogP contribution is -2.35. The largest absolute Gasteiger partial charge is 0.497 e. The van der Waals surface area contributed by atoms with Crippen molar-refractivity contribution >= 4 is 5.84 Å². The van der Waals surface area contributed by atoms with E-state index < -0.39 is 0 Å². The van der Waals surface area contributed by atoms with Crippen LogP contribution in [0.25, 0.3) is 0 Å². The quantitative estimate of drug-likeness (QED) is 0.327. The van der Waals surface area contributed by atoms with Gasteiger partial charge in [0.2, 0.25) is 0 Å². The molecule has 0 saturated carbocycles. The molecule has 0 aliphatic rings. The Morgan fingerprint density at radius 1 is 1.35 bits per heavy atom. The standard InChI is InChI=1S/C14H23N3O3/c1-11(10-14(15)16-18)17(2)8-9-20-13-6-4-12(19-3)5-7-13/h4-7,11,18H,8-10H2,1-3H3,(H2,15,16). The third-order valence-corrected chi connectivity index (χ3v) is 3.16. The number of rotatable bonds is 8. The number of likely N-dealkylation sites (N-methyl/N-ethyl adjacent to an activating group) is 1. The van der Waals surface area contributed by atoms with Crippen molar-refractivity contribution in [1.82, 2.24) is 4.90 Å². The van der Waals surface area contributed by atoms with Crippen LogP contribution < -0.4 is 15.2 Å². The van der Waals surface area contributed by atoms with Gasteiger partial charge in [0.15, 0.2) is 0 Å². The molecular weight excluding hydrogens is 258 g/mol. The van der Waals surface area contributed by atoms with Crippen LogP contribution in [-0.2, 0) is 0 Å². The highest BCUT2D eigenvalue weighted by Gasteiger charge is 2.11. The molecule has 20 heavy (non-hydrogen) atoms. The average molecular weight is 281 g/mol. The number of hydrogen-bond donors (Lipinski definition) is 2. The molecule has 0 heterocycles. The van der Waals surface area contributed by atoms with Crippen LogP contribution in [0.2, 0.25) is 0 Å². The molecule has 1 unspecified atom stereocenters. The summed E-state index contributed by atoms with van der Waals surface area (Å²) in [6, 6.07) is 7.66. The summed E-state index contributed by atoms with van der Waals surface area (Å²) in [4.78, 5) is 2.10. The summed E-state index contributed by atoms with van der Waals surface area (Å²) >= 11 is 0. The van der Waals surface area contributed by atoms with Crippen LogP contribution in [0.3, 0.4) is 0 Å². The first-order valence-corrected chi connectivity index (χ1v) is 6.50. The summed E-state index contributed by atoms with van der Waals surface area (Å²) in [6.07, 6.45) is 0.523. The Morgan fingerprint density at radius 3 is 2.50 bits per heavy atom. The van der Waals surface area contributed by atoms with E-state index in [1.807, 2.05) is 38.2 Å². The molecule has 0 fully saturated rings. The average Bonchev–Trinajstić information content (AvgIpc) is 2.47. The number of hydrogen-bond acceptors (Lipinski definition) is 5. The van der Waals surface area contributed by atoms with Crippen LogP contribution in [-0.4, -0.2) is 49.3 Å². The summed E-state index contributed by atoms with van der Waals surface area (Å²) in [5.74, 6) is 1.85. The van der Waals surface area contributed by atoms with Crippen molar-refractivity contribution in [3.05, 3.63) is 24.3 Å². The Morgan fingerprint density at radius 2 is 1.95 bits per heavy atom. The van der Waals surface area contributed by atoms with Crippen LogP contribution >= 0.6 is 0 Å². The first-order chi connectivity index (χ1) is 9.56. The zero-order valence-corrected chi connectivity index (χ0v) is 12.2. The minimum absolute atomic E-state index is 0.186. The first kappa shape index (κ1) is 16.1. The molecule has 1 aromatic carbocycles. The second kappa shape index (κ2) is 8.27. The van der Waals surface area contributed by atoms with E-state index in [-0.39, 0.29) is 11.9 Å². The van der Waals surface area contributed by atoms with Gasteiger partial charge in [0.25, 0.3) is 0 Å². The lowest BCUT2D eigenvalue weighted by atomic mass is 10.2. The molecule has 0 aliphatic heterocycles. The van der Waals surface area contributed by atoms with Gasteiger partial charge in [0.05, 0.1) is 7.11 Å². The molecule has 6 heteroatoms. The zero-order valence-electron chi connectivity index (χ0n) is 12.2. The molecule has 6 nitrogen and oxygen atoms in total. The lowest BCUT2D eigenvalue weighted by Gasteiger charge is -2.24. The smallest absolute Gasteiger partial charge is 0.140 e. The number of ether oxygens (including phenoxy) is 2. The highest BCUT2D eigenvalue weighted by Crippen LogP contribution is 2.16. The van der Waals surface area contributed by atoms with E-state index in [2.05, 4.69) is 10.1 Å². The maximum atomic E-state index is 8.54. The fourth-order valence-corrected chi connectivity index (χ4v) is 1.70. The summed E-state index contributed by atoms with van der Waals surface area (Å²) in [7, 11) is 3.61. The summed E-state index contributed by atoms with van der Waals surface area (Å²) in [5.41, 5.74) is 5.49. The number of nitrogens with two attached hydrogens (primary N) is 1. The Balaban J connectivity index is 2.31. The summed E-state index contributed by atoms with van der Waals surface area (Å²) in [6.45, 7) is 3.35. The normalized spacial score (nSPS) is 13.3. The van der Waals surface area contributed by atoms with Gasteiger partial charge in [-0.15, -0.1) is 0 Å². The third-order valence-electron chi connectivity index (χ3n) is 3.16. The number of nitrogens with zero attached hydrogens (tertiary/aromatic N) is 2. The van der Waals surface area contributed by atoms with Crippen molar-refractivity contribution in [2.24, 2.45) is 10.9 Å². The molecular formula is C14H23N3O3. The van der Waals surface area contributed by atoms with E-state index in [9.17, 15) is 0 Å². The zero-order chi connectivity index (χ0) is 15.0. The van der Waals surface area contributed by atoms with Crippen molar-refractivity contribution in [2.45, 2.75) is 19.4 Å². The van der Waals surface area contributed by atoms with Gasteiger partial charge in [-0.25, -0.2) is 0 Å². The van der Waals surface area contributed by atoms with Crippen molar-refractivity contribution < 1.29 is 14.7 Å². The van der Waals surface area contributed by atoms with Gasteiger partial charge in [-0.2, -0.15) is 0 Å². The Labute approximate surface area is 119 Å². The SMILES string of the molecule is COc1ccc(OCCN(C)C(C)CC(N)=NO)cc1. The fourth-order valence-electron chi connectivity index (χ4n) is 1.70. The molecule has 0 aliphatic carbocycles. The topological polar surface area (TPSA) is 80.3 Å². The second-order valence-corrected chi connectivity index (χ2v) is 4.65. The van der Waals surface area contributed by atoms with Gasteiger partial charge in [0, 0.05) is 19.0 Å². The Bertz CT molecular complexity index is 420. The van der Waals surface area contributed by atoms with Gasteiger partial charge in [0.1, 0.15) is 23.9 Å². The third kappa shape index (κ3) is 5.36. The second-order valence-electron chi connectivity index (χ2n) is 4.65. The minimum Gasteiger partial charge on any atom is -0.497 e. The monoisotopic (exact) mass is 281 g/mol. The van der Waals surface area contributed by atoms with E-state index in [0.717, 1.165) is 18.0 Å². The van der Waals surface area contributed by atoms with Crippen molar-refractivity contribution in [3.63, 3.8) is 0 Å². The minimum atomic E-state index is 0.186. The van der Waals surface area contributed by atoms with Crippen molar-refractivity contribution in [3.8, 4) is 11.5 Å². The molecule has 0 amide bonds. The lowest BCUT2D eigenvalue weighted by molar-refractivity contribution is 0.201. The van der Waals surface area contributed by atoms with E-state index in [1.165, 1.54) is 0 Å². The first-order valence-electron chi connectivity index (χ1n) is 6.50. The predicted molar refractivity (Wildman–Crippen MR) is 78.6 cm³/mol. The van der Waals surface area contributed by atoms with Gasteiger partial charge in [-0.1, -0.05) is 5.16 Å². The van der Waals surface area contributed by atoms with Crippen molar-refractivity contribution in [1.29, 1.82) is 0 Å². The van der Waals surface area contributed by atoms with Crippen LogP contribution in [0.15, 0.2) is 29.4 Å². The molecule has 0 radical (unpaired) electrons. The van der Waals surface area contributed by atoms with Gasteiger partial charge in [-0.3, -0.25) is 4.90 Å². The van der Waals surface area contributed by atoms with Gasteiger partial charge in [-0.05, 0) is 38.2 Å². The molecule has 112 valence electrons. The maximum absolute atomic E-state index is 8.54. The van der Waals surface area contributed by atoms with E-state index in [0.29, 0.717) is 13.0 Å². The number of benzene rings is 1. The van der Waals surface area contributed by atoms with Crippen molar-refractivity contribution in [2.75, 3.05) is 27.3 Å². The molecule has 1 aromatic rings. The molecule has 0 aromatic heterocycles. The van der Waals surface area contributed by atoms with E-state index >= 15 is 0 Å². The molecule has 3 N–H and O–H groups in total. The summed E-state index contributed by atoms with van der Waals surface area (Å²) < 4.78 is 10.7. The van der Waals surface area contributed by atoms with Gasteiger partial charge >= 0.3 is 0 Å². The van der Waals surface area contributed by atoms with Crippen LogP contribution in [0.1, 0.15) is 13.3 Å². The molecule has 0 spiro atoms. The van der Waals surface area contributed by atoms with Crippen LogP contribution in [0.4, 0.5) is 0 Å². The molecule has 1 rings (SSSR count). The van der Waals surface area contributed by atoms with E-state index in [4.69, 9.17) is 20.4 Å². The Hall–Kier alpha value is -1.95. The highest BCUT2D eigenvalue weighted by atomic mass is 16.5. The maximum Gasteiger partial charge on any atom is 0.140 e. The van der Waals surface area contributed by atoms with Crippen LogP contribution in [0, 0.1) is 0 Å². The molecule has 1 atom stereocenters.